The Labute approximate surface area is 127 Å². The Bertz CT molecular complexity index is 700. The fourth-order valence-corrected chi connectivity index (χ4v) is 4.88. The van der Waals surface area contributed by atoms with Crippen LogP contribution in [-0.4, -0.2) is 54.7 Å². The lowest BCUT2D eigenvalue weighted by Gasteiger charge is -2.33. The van der Waals surface area contributed by atoms with Gasteiger partial charge in [-0.1, -0.05) is 6.07 Å². The maximum atomic E-state index is 12.4. The number of rotatable bonds is 3. The SMILES string of the molecule is O=C(c1cc[nH]c1)N1CCN(S(=O)(=O)c2cccs2)CC1. The molecule has 0 unspecified atom stereocenters. The summed E-state index contributed by atoms with van der Waals surface area (Å²) in [5.74, 6) is -0.0654. The number of aromatic nitrogens is 1. The van der Waals surface area contributed by atoms with E-state index in [9.17, 15) is 13.2 Å². The predicted octanol–water partition coefficient (Wildman–Crippen LogP) is 1.22. The monoisotopic (exact) mass is 325 g/mol. The van der Waals surface area contributed by atoms with Gasteiger partial charge < -0.3 is 9.88 Å². The molecule has 21 heavy (non-hydrogen) atoms. The average Bonchev–Trinajstić information content (AvgIpc) is 3.19. The highest BCUT2D eigenvalue weighted by atomic mass is 32.2. The van der Waals surface area contributed by atoms with Gasteiger partial charge in [0.05, 0.1) is 5.56 Å². The third kappa shape index (κ3) is 2.74. The second kappa shape index (κ2) is 5.63. The lowest BCUT2D eigenvalue weighted by Crippen LogP contribution is -2.50. The molecule has 1 aliphatic rings. The van der Waals surface area contributed by atoms with Gasteiger partial charge in [-0.15, -0.1) is 11.3 Å². The van der Waals surface area contributed by atoms with Gasteiger partial charge in [0.1, 0.15) is 4.21 Å². The van der Waals surface area contributed by atoms with E-state index in [0.717, 1.165) is 0 Å². The largest absolute Gasteiger partial charge is 0.367 e. The summed E-state index contributed by atoms with van der Waals surface area (Å²) in [5.41, 5.74) is 0.601. The van der Waals surface area contributed by atoms with Gasteiger partial charge in [0.15, 0.2) is 0 Å². The number of thiophene rings is 1. The van der Waals surface area contributed by atoms with Gasteiger partial charge in [0.2, 0.25) is 0 Å². The van der Waals surface area contributed by atoms with Gasteiger partial charge in [-0.25, -0.2) is 8.42 Å². The molecule has 0 bridgehead atoms. The predicted molar refractivity (Wildman–Crippen MR) is 79.8 cm³/mol. The summed E-state index contributed by atoms with van der Waals surface area (Å²) in [6.45, 7) is 1.48. The van der Waals surface area contributed by atoms with Gasteiger partial charge >= 0.3 is 0 Å². The number of aromatic amines is 1. The quantitative estimate of drug-likeness (QED) is 0.922. The molecule has 6 nitrogen and oxygen atoms in total. The Morgan fingerprint density at radius 3 is 2.52 bits per heavy atom. The van der Waals surface area contributed by atoms with Gasteiger partial charge in [-0.2, -0.15) is 4.31 Å². The Morgan fingerprint density at radius 2 is 1.95 bits per heavy atom. The topological polar surface area (TPSA) is 73.5 Å². The minimum atomic E-state index is -3.41. The molecule has 3 rings (SSSR count). The van der Waals surface area contributed by atoms with Crippen molar-refractivity contribution < 1.29 is 13.2 Å². The van der Waals surface area contributed by atoms with E-state index in [1.165, 1.54) is 15.6 Å². The number of piperazine rings is 1. The van der Waals surface area contributed by atoms with E-state index in [-0.39, 0.29) is 5.91 Å². The average molecular weight is 325 g/mol. The zero-order valence-corrected chi connectivity index (χ0v) is 12.9. The summed E-state index contributed by atoms with van der Waals surface area (Å²) in [7, 11) is -3.41. The Kier molecular flexibility index (Phi) is 3.83. The molecule has 8 heteroatoms. The first-order valence-electron chi connectivity index (χ1n) is 6.55. The van der Waals surface area contributed by atoms with Crippen molar-refractivity contribution in [1.29, 1.82) is 0 Å². The summed E-state index contributed by atoms with van der Waals surface area (Å²) in [4.78, 5) is 16.7. The van der Waals surface area contributed by atoms with Crippen LogP contribution >= 0.6 is 11.3 Å². The minimum absolute atomic E-state index is 0.0654. The zero-order valence-electron chi connectivity index (χ0n) is 11.2. The first kappa shape index (κ1) is 14.3. The smallest absolute Gasteiger partial charge is 0.255 e. The molecule has 2 aromatic rings. The maximum Gasteiger partial charge on any atom is 0.255 e. The number of carbonyl (C=O) groups excluding carboxylic acids is 1. The molecule has 1 saturated heterocycles. The van der Waals surface area contributed by atoms with Gasteiger partial charge in [0.25, 0.3) is 15.9 Å². The van der Waals surface area contributed by atoms with Crippen molar-refractivity contribution >= 4 is 27.3 Å². The van der Waals surface area contributed by atoms with E-state index in [1.54, 1.807) is 40.9 Å². The summed E-state index contributed by atoms with van der Waals surface area (Å²) < 4.78 is 26.6. The van der Waals surface area contributed by atoms with Gasteiger partial charge in [-0.05, 0) is 17.5 Å². The molecule has 1 amide bonds. The Hall–Kier alpha value is -1.64. The number of sulfonamides is 1. The molecule has 0 saturated carbocycles. The highest BCUT2D eigenvalue weighted by Crippen LogP contribution is 2.22. The summed E-state index contributed by atoms with van der Waals surface area (Å²) in [5, 5.41) is 1.75. The Balaban J connectivity index is 1.67. The van der Waals surface area contributed by atoms with Crippen molar-refractivity contribution in [3.8, 4) is 0 Å². The van der Waals surface area contributed by atoms with Gasteiger partial charge in [-0.3, -0.25) is 4.79 Å². The first-order valence-corrected chi connectivity index (χ1v) is 8.87. The first-order chi connectivity index (χ1) is 10.1. The molecular formula is C13H15N3O3S2. The molecule has 0 spiro atoms. The molecule has 0 radical (unpaired) electrons. The highest BCUT2D eigenvalue weighted by Gasteiger charge is 2.30. The van der Waals surface area contributed by atoms with Crippen molar-refractivity contribution in [2.45, 2.75) is 4.21 Å². The molecule has 112 valence electrons. The molecule has 1 N–H and O–H groups in total. The third-order valence-corrected chi connectivity index (χ3v) is 6.73. The van der Waals surface area contributed by atoms with Crippen LogP contribution in [0.3, 0.4) is 0 Å². The number of hydrogen-bond acceptors (Lipinski definition) is 4. The summed E-state index contributed by atoms with van der Waals surface area (Å²) in [6.07, 6.45) is 3.35. The summed E-state index contributed by atoms with van der Waals surface area (Å²) >= 11 is 1.21. The van der Waals surface area contributed by atoms with Crippen LogP contribution in [0.2, 0.25) is 0 Å². The number of nitrogens with zero attached hydrogens (tertiary/aromatic N) is 2. The highest BCUT2D eigenvalue weighted by molar-refractivity contribution is 7.91. The normalized spacial score (nSPS) is 17.0. The zero-order chi connectivity index (χ0) is 14.9. The second-order valence-electron chi connectivity index (χ2n) is 4.73. The van der Waals surface area contributed by atoms with Crippen LogP contribution in [0.1, 0.15) is 10.4 Å². The third-order valence-electron chi connectivity index (χ3n) is 3.46. The molecule has 3 heterocycles. The number of nitrogens with one attached hydrogen (secondary N) is 1. The second-order valence-corrected chi connectivity index (χ2v) is 7.84. The van der Waals surface area contributed by atoms with Crippen LogP contribution in [0.5, 0.6) is 0 Å². The molecule has 0 atom stereocenters. The van der Waals surface area contributed by atoms with Crippen LogP contribution in [0.25, 0.3) is 0 Å². The number of H-pyrrole nitrogens is 1. The Morgan fingerprint density at radius 1 is 1.19 bits per heavy atom. The van der Waals surface area contributed by atoms with Crippen molar-refractivity contribution in [2.24, 2.45) is 0 Å². The van der Waals surface area contributed by atoms with Crippen molar-refractivity contribution in [2.75, 3.05) is 26.2 Å². The molecule has 1 aliphatic heterocycles. The number of carbonyl (C=O) groups is 1. The van der Waals surface area contributed by atoms with Gasteiger partial charge in [0, 0.05) is 38.6 Å². The standard InChI is InChI=1S/C13H15N3O3S2/c17-13(11-3-4-14-10-11)15-5-7-16(8-6-15)21(18,19)12-2-1-9-20-12/h1-4,9-10,14H,5-8H2. The van der Waals surface area contributed by atoms with Crippen LogP contribution in [0.15, 0.2) is 40.2 Å². The van der Waals surface area contributed by atoms with E-state index in [1.807, 2.05) is 0 Å². The van der Waals surface area contributed by atoms with E-state index in [2.05, 4.69) is 4.98 Å². The fourth-order valence-electron chi connectivity index (χ4n) is 2.31. The lowest BCUT2D eigenvalue weighted by atomic mass is 10.2. The van der Waals surface area contributed by atoms with E-state index in [0.29, 0.717) is 36.0 Å². The number of hydrogen-bond donors (Lipinski definition) is 1. The van der Waals surface area contributed by atoms with Crippen molar-refractivity contribution in [3.05, 3.63) is 41.5 Å². The molecule has 2 aromatic heterocycles. The van der Waals surface area contributed by atoms with E-state index < -0.39 is 10.0 Å². The molecule has 0 aliphatic carbocycles. The number of amides is 1. The molecule has 0 aromatic carbocycles. The van der Waals surface area contributed by atoms with Crippen LogP contribution < -0.4 is 0 Å². The van der Waals surface area contributed by atoms with E-state index in [4.69, 9.17) is 0 Å². The molecular weight excluding hydrogens is 310 g/mol. The van der Waals surface area contributed by atoms with E-state index >= 15 is 0 Å². The summed E-state index contributed by atoms with van der Waals surface area (Å²) in [6, 6.07) is 5.05. The van der Waals surface area contributed by atoms with Crippen molar-refractivity contribution in [3.63, 3.8) is 0 Å². The van der Waals surface area contributed by atoms with Crippen LogP contribution in [0.4, 0.5) is 0 Å². The fraction of sp³-hybridized carbons (Fsp3) is 0.308. The minimum Gasteiger partial charge on any atom is -0.367 e. The van der Waals surface area contributed by atoms with Crippen LogP contribution in [0, 0.1) is 0 Å². The van der Waals surface area contributed by atoms with Crippen molar-refractivity contribution in [1.82, 2.24) is 14.2 Å². The van der Waals surface area contributed by atoms with Crippen LogP contribution in [-0.2, 0) is 10.0 Å². The lowest BCUT2D eigenvalue weighted by molar-refractivity contribution is 0.0698. The maximum absolute atomic E-state index is 12.4. The molecule has 1 fully saturated rings.